The Balaban J connectivity index is 1.57. The van der Waals surface area contributed by atoms with Gasteiger partial charge in [-0.25, -0.2) is 0 Å². The Morgan fingerprint density at radius 3 is 2.67 bits per heavy atom. The second-order valence-electron chi connectivity index (χ2n) is 7.58. The first-order valence-corrected chi connectivity index (χ1v) is 9.55. The maximum absolute atomic E-state index is 12.6. The number of nitrogens with one attached hydrogen (secondary N) is 2. The van der Waals surface area contributed by atoms with Crippen LogP contribution in [-0.2, 0) is 14.3 Å². The van der Waals surface area contributed by atoms with Crippen LogP contribution in [0.15, 0.2) is 0 Å². The Hall–Kier alpha value is -0.690. The predicted molar refractivity (Wildman–Crippen MR) is 93.0 cm³/mol. The van der Waals surface area contributed by atoms with Crippen molar-refractivity contribution in [2.24, 2.45) is 0 Å². The van der Waals surface area contributed by atoms with E-state index in [0.717, 1.165) is 39.0 Å². The van der Waals surface area contributed by atoms with E-state index in [9.17, 15) is 4.79 Å². The lowest BCUT2D eigenvalue weighted by molar-refractivity contribution is -0.129. The number of nitrogens with zero attached hydrogens (tertiary/aromatic N) is 1. The summed E-state index contributed by atoms with van der Waals surface area (Å²) >= 11 is 0. The van der Waals surface area contributed by atoms with Gasteiger partial charge in [0.05, 0.1) is 18.8 Å². The van der Waals surface area contributed by atoms with Crippen molar-refractivity contribution in [2.45, 2.75) is 69.2 Å². The summed E-state index contributed by atoms with van der Waals surface area (Å²) in [5.74, 6) is 0.0836. The lowest BCUT2D eigenvalue weighted by Gasteiger charge is -2.45. The number of carbonyl (C=O) groups excluding carboxylic acids is 1. The standard InChI is InChI=1S/C18H33N3O3/c1-14-16(19-9-12-24-14)17(22)20-13-18(7-3-4-8-18)21-10-5-15(23-2)6-11-21/h14-16,19H,3-13H2,1-2H3,(H,20,22)/t14-,16+/m1/s1. The molecule has 0 aromatic rings. The van der Waals surface area contributed by atoms with Crippen LogP contribution < -0.4 is 10.6 Å². The summed E-state index contributed by atoms with van der Waals surface area (Å²) in [4.78, 5) is 15.2. The van der Waals surface area contributed by atoms with Crippen LogP contribution in [0.4, 0.5) is 0 Å². The predicted octanol–water partition coefficient (Wildman–Crippen LogP) is 0.903. The molecule has 2 N–H and O–H groups in total. The van der Waals surface area contributed by atoms with Crippen molar-refractivity contribution in [1.29, 1.82) is 0 Å². The average molecular weight is 339 g/mol. The highest BCUT2D eigenvalue weighted by Crippen LogP contribution is 2.36. The third kappa shape index (κ3) is 3.93. The molecule has 1 aliphatic carbocycles. The van der Waals surface area contributed by atoms with Crippen molar-refractivity contribution in [1.82, 2.24) is 15.5 Å². The molecule has 0 unspecified atom stereocenters. The number of likely N-dealkylation sites (tertiary alicyclic amines) is 1. The number of amides is 1. The van der Waals surface area contributed by atoms with E-state index in [4.69, 9.17) is 9.47 Å². The fourth-order valence-corrected chi connectivity index (χ4v) is 4.59. The molecule has 6 nitrogen and oxygen atoms in total. The number of piperidine rings is 1. The Kier molecular flexibility index (Phi) is 6.13. The van der Waals surface area contributed by atoms with Gasteiger partial charge >= 0.3 is 0 Å². The van der Waals surface area contributed by atoms with Crippen LogP contribution in [0.2, 0.25) is 0 Å². The minimum absolute atomic E-state index is 0.0595. The van der Waals surface area contributed by atoms with E-state index in [1.807, 2.05) is 14.0 Å². The molecule has 138 valence electrons. The van der Waals surface area contributed by atoms with Gasteiger partial charge in [0.1, 0.15) is 6.04 Å². The summed E-state index contributed by atoms with van der Waals surface area (Å²) in [5, 5.41) is 6.52. The Morgan fingerprint density at radius 1 is 1.33 bits per heavy atom. The number of hydrogen-bond donors (Lipinski definition) is 2. The zero-order valence-electron chi connectivity index (χ0n) is 15.2. The van der Waals surface area contributed by atoms with Crippen molar-refractivity contribution < 1.29 is 14.3 Å². The molecule has 0 radical (unpaired) electrons. The van der Waals surface area contributed by atoms with Crippen LogP contribution in [0.25, 0.3) is 0 Å². The minimum Gasteiger partial charge on any atom is -0.381 e. The average Bonchev–Trinajstić information content (AvgIpc) is 3.10. The van der Waals surface area contributed by atoms with E-state index in [0.29, 0.717) is 12.7 Å². The third-order valence-electron chi connectivity index (χ3n) is 6.17. The van der Waals surface area contributed by atoms with Gasteiger partial charge in [-0.3, -0.25) is 9.69 Å². The molecule has 0 aromatic heterocycles. The molecule has 0 spiro atoms. The molecular weight excluding hydrogens is 306 g/mol. The molecule has 2 heterocycles. The van der Waals surface area contributed by atoms with Crippen LogP contribution in [0.5, 0.6) is 0 Å². The smallest absolute Gasteiger partial charge is 0.239 e. The Labute approximate surface area is 145 Å². The molecule has 0 bridgehead atoms. The lowest BCUT2D eigenvalue weighted by atomic mass is 9.91. The maximum atomic E-state index is 12.6. The summed E-state index contributed by atoms with van der Waals surface area (Å²) in [6.07, 6.45) is 7.45. The van der Waals surface area contributed by atoms with Gasteiger partial charge in [0.15, 0.2) is 0 Å². The van der Waals surface area contributed by atoms with E-state index in [2.05, 4.69) is 15.5 Å². The molecule has 3 rings (SSSR count). The van der Waals surface area contributed by atoms with E-state index < -0.39 is 0 Å². The van der Waals surface area contributed by atoms with Gasteiger partial charge in [-0.05, 0) is 32.6 Å². The summed E-state index contributed by atoms with van der Waals surface area (Å²) in [5.41, 5.74) is 0.146. The molecule has 1 amide bonds. The van der Waals surface area contributed by atoms with Crippen LogP contribution in [0, 0.1) is 0 Å². The van der Waals surface area contributed by atoms with Crippen molar-refractivity contribution in [3.63, 3.8) is 0 Å². The highest BCUT2D eigenvalue weighted by atomic mass is 16.5. The van der Waals surface area contributed by atoms with Crippen LogP contribution in [0.3, 0.4) is 0 Å². The van der Waals surface area contributed by atoms with Gasteiger partial charge in [0, 0.05) is 38.8 Å². The molecule has 2 saturated heterocycles. The molecule has 3 aliphatic rings. The molecule has 2 aliphatic heterocycles. The zero-order chi connectivity index (χ0) is 17.0. The van der Waals surface area contributed by atoms with E-state index in [-0.39, 0.29) is 23.6 Å². The highest BCUT2D eigenvalue weighted by molar-refractivity contribution is 5.82. The summed E-state index contributed by atoms with van der Waals surface area (Å²) < 4.78 is 11.1. The number of rotatable bonds is 5. The number of ether oxygens (including phenoxy) is 2. The van der Waals surface area contributed by atoms with Crippen LogP contribution >= 0.6 is 0 Å². The van der Waals surface area contributed by atoms with Gasteiger partial charge in [-0.2, -0.15) is 0 Å². The summed E-state index contributed by atoms with van der Waals surface area (Å²) in [7, 11) is 1.81. The molecule has 3 fully saturated rings. The second kappa shape index (κ2) is 8.13. The van der Waals surface area contributed by atoms with Gasteiger partial charge < -0.3 is 20.1 Å². The lowest BCUT2D eigenvalue weighted by Crippen LogP contribution is -2.60. The molecule has 2 atom stereocenters. The largest absolute Gasteiger partial charge is 0.381 e. The monoisotopic (exact) mass is 339 g/mol. The molecule has 6 heteroatoms. The first kappa shape index (κ1) is 18.1. The van der Waals surface area contributed by atoms with E-state index >= 15 is 0 Å². The van der Waals surface area contributed by atoms with Crippen molar-refractivity contribution in [3.8, 4) is 0 Å². The topological polar surface area (TPSA) is 62.8 Å². The van der Waals surface area contributed by atoms with Crippen LogP contribution in [0.1, 0.15) is 45.4 Å². The molecule has 24 heavy (non-hydrogen) atoms. The normalized spacial score (nSPS) is 31.9. The van der Waals surface area contributed by atoms with Crippen LogP contribution in [-0.4, -0.2) is 74.5 Å². The number of morpholine rings is 1. The Morgan fingerprint density at radius 2 is 2.04 bits per heavy atom. The molecular formula is C18H33N3O3. The number of methoxy groups -OCH3 is 1. The Bertz CT molecular complexity index is 418. The van der Waals surface area contributed by atoms with Crippen molar-refractivity contribution >= 4 is 5.91 Å². The summed E-state index contributed by atoms with van der Waals surface area (Å²) in [6, 6.07) is -0.226. The summed E-state index contributed by atoms with van der Waals surface area (Å²) in [6.45, 7) is 6.32. The number of hydrogen-bond acceptors (Lipinski definition) is 5. The van der Waals surface area contributed by atoms with Gasteiger partial charge in [-0.15, -0.1) is 0 Å². The quantitative estimate of drug-likeness (QED) is 0.779. The van der Waals surface area contributed by atoms with Gasteiger partial charge in [-0.1, -0.05) is 12.8 Å². The first-order chi connectivity index (χ1) is 11.6. The van der Waals surface area contributed by atoms with Gasteiger partial charge in [0.25, 0.3) is 0 Å². The number of carbonyl (C=O) groups is 1. The fourth-order valence-electron chi connectivity index (χ4n) is 4.59. The van der Waals surface area contributed by atoms with Gasteiger partial charge in [0.2, 0.25) is 5.91 Å². The second-order valence-corrected chi connectivity index (χ2v) is 7.58. The molecule has 1 saturated carbocycles. The fraction of sp³-hybridized carbons (Fsp3) is 0.944. The first-order valence-electron chi connectivity index (χ1n) is 9.55. The molecule has 0 aromatic carbocycles. The highest BCUT2D eigenvalue weighted by Gasteiger charge is 2.41. The SMILES string of the molecule is COC1CCN(C2(CNC(=O)[C@H]3NCCO[C@@H]3C)CCCC2)CC1. The maximum Gasteiger partial charge on any atom is 0.239 e. The minimum atomic E-state index is -0.226. The third-order valence-corrected chi connectivity index (χ3v) is 6.17. The van der Waals surface area contributed by atoms with Crippen molar-refractivity contribution in [2.75, 3.05) is 39.9 Å². The van der Waals surface area contributed by atoms with Crippen molar-refractivity contribution in [3.05, 3.63) is 0 Å². The zero-order valence-corrected chi connectivity index (χ0v) is 15.2. The van der Waals surface area contributed by atoms with E-state index in [1.54, 1.807) is 0 Å². The van der Waals surface area contributed by atoms with E-state index in [1.165, 1.54) is 25.7 Å².